The minimum absolute atomic E-state index is 0.327. The standard InChI is InChI=1S/C13H27NO2/c1-5-15-13-7-11(8-13)6-12(14-4)9-16-10(2)3/h10-14H,5-9H2,1-4H3. The fourth-order valence-corrected chi connectivity index (χ4v) is 2.22. The van der Waals surface area contributed by atoms with E-state index < -0.39 is 0 Å². The van der Waals surface area contributed by atoms with Crippen LogP contribution in [0.1, 0.15) is 40.0 Å². The van der Waals surface area contributed by atoms with Crippen molar-refractivity contribution in [1.29, 1.82) is 0 Å². The number of nitrogens with one attached hydrogen (secondary N) is 1. The number of hydrogen-bond donors (Lipinski definition) is 1. The van der Waals surface area contributed by atoms with E-state index in [4.69, 9.17) is 9.47 Å². The second kappa shape index (κ2) is 7.25. The molecule has 0 bridgehead atoms. The summed E-state index contributed by atoms with van der Waals surface area (Å²) in [5.41, 5.74) is 0. The molecule has 0 saturated heterocycles. The summed E-state index contributed by atoms with van der Waals surface area (Å²) in [4.78, 5) is 0. The summed E-state index contributed by atoms with van der Waals surface area (Å²) in [5, 5.41) is 3.34. The Labute approximate surface area is 99.9 Å². The van der Waals surface area contributed by atoms with E-state index in [0.717, 1.165) is 19.1 Å². The van der Waals surface area contributed by atoms with E-state index in [9.17, 15) is 0 Å². The van der Waals surface area contributed by atoms with Gasteiger partial charge in [0.2, 0.25) is 0 Å². The van der Waals surface area contributed by atoms with Gasteiger partial charge in [-0.3, -0.25) is 0 Å². The molecule has 1 aliphatic carbocycles. The summed E-state index contributed by atoms with van der Waals surface area (Å²) in [6.07, 6.45) is 4.53. The van der Waals surface area contributed by atoms with E-state index in [1.165, 1.54) is 19.3 Å². The average molecular weight is 229 g/mol. The number of rotatable bonds is 8. The first-order chi connectivity index (χ1) is 7.65. The van der Waals surface area contributed by atoms with Crippen molar-refractivity contribution < 1.29 is 9.47 Å². The lowest BCUT2D eigenvalue weighted by molar-refractivity contribution is -0.0334. The van der Waals surface area contributed by atoms with Crippen molar-refractivity contribution in [2.24, 2.45) is 5.92 Å². The summed E-state index contributed by atoms with van der Waals surface area (Å²) in [5.74, 6) is 0.824. The van der Waals surface area contributed by atoms with Gasteiger partial charge in [0.05, 0.1) is 18.8 Å². The second-order valence-electron chi connectivity index (χ2n) is 5.02. The van der Waals surface area contributed by atoms with Crippen LogP contribution in [-0.2, 0) is 9.47 Å². The molecule has 0 heterocycles. The highest BCUT2D eigenvalue weighted by Gasteiger charge is 2.31. The van der Waals surface area contributed by atoms with Crippen LogP contribution in [0.2, 0.25) is 0 Å². The Hall–Kier alpha value is -0.120. The van der Waals surface area contributed by atoms with Crippen LogP contribution in [-0.4, -0.2) is 38.5 Å². The van der Waals surface area contributed by atoms with Crippen LogP contribution in [0, 0.1) is 5.92 Å². The van der Waals surface area contributed by atoms with Crippen LogP contribution >= 0.6 is 0 Å². The van der Waals surface area contributed by atoms with Crippen molar-refractivity contribution >= 4 is 0 Å². The maximum Gasteiger partial charge on any atom is 0.0623 e. The van der Waals surface area contributed by atoms with E-state index in [1.54, 1.807) is 0 Å². The molecule has 1 rings (SSSR count). The van der Waals surface area contributed by atoms with Gasteiger partial charge in [0.15, 0.2) is 0 Å². The summed E-state index contributed by atoms with van der Waals surface area (Å²) in [6.45, 7) is 7.91. The fraction of sp³-hybridized carbons (Fsp3) is 1.00. The van der Waals surface area contributed by atoms with E-state index in [2.05, 4.69) is 26.1 Å². The maximum atomic E-state index is 5.64. The quantitative estimate of drug-likeness (QED) is 0.692. The highest BCUT2D eigenvalue weighted by Crippen LogP contribution is 2.33. The maximum absolute atomic E-state index is 5.64. The van der Waals surface area contributed by atoms with Crippen molar-refractivity contribution in [1.82, 2.24) is 5.32 Å². The molecule has 3 heteroatoms. The normalized spacial score (nSPS) is 26.8. The molecule has 1 saturated carbocycles. The van der Waals surface area contributed by atoms with Gasteiger partial charge in [0.1, 0.15) is 0 Å². The van der Waals surface area contributed by atoms with E-state index >= 15 is 0 Å². The first-order valence-electron chi connectivity index (χ1n) is 6.56. The van der Waals surface area contributed by atoms with Crippen LogP contribution in [0.3, 0.4) is 0 Å². The molecule has 0 aliphatic heterocycles. The van der Waals surface area contributed by atoms with Crippen molar-refractivity contribution in [3.8, 4) is 0 Å². The highest BCUT2D eigenvalue weighted by atomic mass is 16.5. The van der Waals surface area contributed by atoms with Crippen LogP contribution in [0.5, 0.6) is 0 Å². The molecule has 1 unspecified atom stereocenters. The van der Waals surface area contributed by atoms with Gasteiger partial charge in [-0.1, -0.05) is 0 Å². The van der Waals surface area contributed by atoms with Crippen LogP contribution < -0.4 is 5.32 Å². The Bertz CT molecular complexity index is 179. The molecule has 0 aromatic rings. The molecule has 0 spiro atoms. The molecule has 1 atom stereocenters. The molecule has 96 valence electrons. The van der Waals surface area contributed by atoms with Gasteiger partial charge in [-0.05, 0) is 53.0 Å². The lowest BCUT2D eigenvalue weighted by Gasteiger charge is -2.37. The molecule has 0 amide bonds. The third-order valence-electron chi connectivity index (χ3n) is 3.25. The zero-order valence-corrected chi connectivity index (χ0v) is 11.2. The van der Waals surface area contributed by atoms with Gasteiger partial charge in [0, 0.05) is 12.6 Å². The van der Waals surface area contributed by atoms with E-state index in [-0.39, 0.29) is 0 Å². The third-order valence-corrected chi connectivity index (χ3v) is 3.25. The van der Waals surface area contributed by atoms with Crippen molar-refractivity contribution in [3.63, 3.8) is 0 Å². The summed E-state index contributed by atoms with van der Waals surface area (Å²) in [6, 6.07) is 0.495. The second-order valence-corrected chi connectivity index (χ2v) is 5.02. The molecule has 1 N–H and O–H groups in total. The summed E-state index contributed by atoms with van der Waals surface area (Å²) >= 11 is 0. The first kappa shape index (κ1) is 13.9. The molecule has 0 radical (unpaired) electrons. The predicted octanol–water partition coefficient (Wildman–Crippen LogP) is 2.20. The molecule has 1 fully saturated rings. The number of hydrogen-bond acceptors (Lipinski definition) is 3. The Balaban J connectivity index is 2.10. The Morgan fingerprint density at radius 2 is 2.00 bits per heavy atom. The van der Waals surface area contributed by atoms with Crippen LogP contribution in [0.15, 0.2) is 0 Å². The molecule has 0 aromatic carbocycles. The molecule has 0 aromatic heterocycles. The Morgan fingerprint density at radius 3 is 2.50 bits per heavy atom. The third kappa shape index (κ3) is 4.81. The van der Waals surface area contributed by atoms with Gasteiger partial charge in [0.25, 0.3) is 0 Å². The van der Waals surface area contributed by atoms with Crippen molar-refractivity contribution in [2.75, 3.05) is 20.3 Å². The van der Waals surface area contributed by atoms with Crippen molar-refractivity contribution in [3.05, 3.63) is 0 Å². The number of likely N-dealkylation sites (N-methyl/N-ethyl adjacent to an activating group) is 1. The van der Waals surface area contributed by atoms with Gasteiger partial charge in [-0.2, -0.15) is 0 Å². The molecule has 16 heavy (non-hydrogen) atoms. The lowest BCUT2D eigenvalue weighted by atomic mass is 9.78. The smallest absolute Gasteiger partial charge is 0.0623 e. The minimum atomic E-state index is 0.327. The topological polar surface area (TPSA) is 30.5 Å². The zero-order valence-electron chi connectivity index (χ0n) is 11.2. The largest absolute Gasteiger partial charge is 0.378 e. The SMILES string of the molecule is CCOC1CC(CC(COC(C)C)NC)C1. The molecular weight excluding hydrogens is 202 g/mol. The molecule has 3 nitrogen and oxygen atoms in total. The zero-order chi connectivity index (χ0) is 12.0. The van der Waals surface area contributed by atoms with Gasteiger partial charge < -0.3 is 14.8 Å². The van der Waals surface area contributed by atoms with Gasteiger partial charge in [-0.15, -0.1) is 0 Å². The minimum Gasteiger partial charge on any atom is -0.378 e. The fourth-order valence-electron chi connectivity index (χ4n) is 2.22. The van der Waals surface area contributed by atoms with E-state index in [1.807, 2.05) is 7.05 Å². The Kier molecular flexibility index (Phi) is 6.32. The van der Waals surface area contributed by atoms with Crippen molar-refractivity contribution in [2.45, 2.75) is 58.3 Å². The van der Waals surface area contributed by atoms with Gasteiger partial charge in [-0.25, -0.2) is 0 Å². The predicted molar refractivity (Wildman–Crippen MR) is 66.7 cm³/mol. The van der Waals surface area contributed by atoms with Gasteiger partial charge >= 0.3 is 0 Å². The molecule has 1 aliphatic rings. The number of ether oxygens (including phenoxy) is 2. The average Bonchev–Trinajstić information content (AvgIpc) is 2.19. The monoisotopic (exact) mass is 229 g/mol. The Morgan fingerprint density at radius 1 is 1.31 bits per heavy atom. The summed E-state index contributed by atoms with van der Waals surface area (Å²) < 4.78 is 11.2. The lowest BCUT2D eigenvalue weighted by Crippen LogP contribution is -2.39. The van der Waals surface area contributed by atoms with Crippen LogP contribution in [0.25, 0.3) is 0 Å². The summed E-state index contributed by atoms with van der Waals surface area (Å²) in [7, 11) is 2.02. The highest BCUT2D eigenvalue weighted by molar-refractivity contribution is 4.83. The molecular formula is C13H27NO2. The van der Waals surface area contributed by atoms with E-state index in [0.29, 0.717) is 18.2 Å². The first-order valence-corrected chi connectivity index (χ1v) is 6.56. The van der Waals surface area contributed by atoms with Crippen LogP contribution in [0.4, 0.5) is 0 Å².